The van der Waals surface area contributed by atoms with Crippen LogP contribution in [0.3, 0.4) is 0 Å². The summed E-state index contributed by atoms with van der Waals surface area (Å²) >= 11 is 0. The van der Waals surface area contributed by atoms with E-state index in [2.05, 4.69) is 10.4 Å². The molecule has 2 heterocycles. The van der Waals surface area contributed by atoms with E-state index < -0.39 is 0 Å². The molecule has 31 heavy (non-hydrogen) atoms. The molecule has 2 amide bonds. The smallest absolute Gasteiger partial charge is 0.409 e. The molecule has 3 rings (SSSR count). The molecular formula is C22H28N4O5. The lowest BCUT2D eigenvalue weighted by Gasteiger charge is -2.34. The minimum atomic E-state index is -0.333. The van der Waals surface area contributed by atoms with Gasteiger partial charge in [0.25, 0.3) is 11.5 Å². The first-order chi connectivity index (χ1) is 15.0. The number of nitrogens with one attached hydrogen (secondary N) is 1. The molecule has 1 aliphatic heterocycles. The summed E-state index contributed by atoms with van der Waals surface area (Å²) in [6.07, 6.45) is 1.23. The third-order valence-electron chi connectivity index (χ3n) is 5.45. The molecule has 0 bridgehead atoms. The number of amides is 2. The second-order valence-electron chi connectivity index (χ2n) is 7.50. The van der Waals surface area contributed by atoms with Crippen molar-refractivity contribution in [3.8, 4) is 5.75 Å². The highest BCUT2D eigenvalue weighted by molar-refractivity contribution is 5.92. The largest absolute Gasteiger partial charge is 0.492 e. The zero-order valence-corrected chi connectivity index (χ0v) is 17.8. The van der Waals surface area contributed by atoms with E-state index in [0.717, 1.165) is 12.8 Å². The SMILES string of the molecule is COC(=O)N1CCC(C(C)NC(=O)c2ccc(=O)n(CCOc3ccccc3)n2)CC1. The van der Waals surface area contributed by atoms with E-state index >= 15 is 0 Å². The van der Waals surface area contributed by atoms with Crippen molar-refractivity contribution in [3.05, 3.63) is 58.5 Å². The summed E-state index contributed by atoms with van der Waals surface area (Å²) in [5.74, 6) is 0.618. The highest BCUT2D eigenvalue weighted by atomic mass is 16.5. The lowest BCUT2D eigenvalue weighted by atomic mass is 9.90. The maximum Gasteiger partial charge on any atom is 0.409 e. The molecule has 9 nitrogen and oxygen atoms in total. The van der Waals surface area contributed by atoms with Crippen molar-refractivity contribution < 1.29 is 19.1 Å². The Morgan fingerprint density at radius 1 is 1.16 bits per heavy atom. The number of hydrogen-bond acceptors (Lipinski definition) is 6. The van der Waals surface area contributed by atoms with Gasteiger partial charge in [-0.05, 0) is 43.9 Å². The van der Waals surface area contributed by atoms with E-state index in [1.165, 1.54) is 23.9 Å². The topological polar surface area (TPSA) is 103 Å². The van der Waals surface area contributed by atoms with Crippen LogP contribution in [-0.4, -0.2) is 59.5 Å². The normalized spacial score (nSPS) is 15.2. The maximum absolute atomic E-state index is 12.7. The van der Waals surface area contributed by atoms with Crippen LogP contribution in [0.2, 0.25) is 0 Å². The molecule has 0 aliphatic carbocycles. The summed E-state index contributed by atoms with van der Waals surface area (Å²) in [7, 11) is 1.37. The number of aromatic nitrogens is 2. The number of para-hydroxylation sites is 1. The molecule has 9 heteroatoms. The number of rotatable bonds is 7. The van der Waals surface area contributed by atoms with Gasteiger partial charge < -0.3 is 19.7 Å². The summed E-state index contributed by atoms with van der Waals surface area (Å²) in [5, 5.41) is 7.16. The predicted molar refractivity (Wildman–Crippen MR) is 114 cm³/mol. The van der Waals surface area contributed by atoms with Crippen LogP contribution in [0.15, 0.2) is 47.3 Å². The van der Waals surface area contributed by atoms with Gasteiger partial charge >= 0.3 is 6.09 Å². The Morgan fingerprint density at radius 3 is 2.55 bits per heavy atom. The summed E-state index contributed by atoms with van der Waals surface area (Å²) in [5.41, 5.74) is -0.116. The summed E-state index contributed by atoms with van der Waals surface area (Å²) < 4.78 is 11.6. The Kier molecular flexibility index (Phi) is 7.64. The number of methoxy groups -OCH3 is 1. The summed E-state index contributed by atoms with van der Waals surface area (Å²) in [4.78, 5) is 38.0. The van der Waals surface area contributed by atoms with Crippen molar-refractivity contribution in [2.45, 2.75) is 32.4 Å². The average molecular weight is 428 g/mol. The molecule has 1 aromatic heterocycles. The van der Waals surface area contributed by atoms with Gasteiger partial charge in [-0.25, -0.2) is 9.48 Å². The Labute approximate surface area is 181 Å². The minimum absolute atomic E-state index is 0.0871. The monoisotopic (exact) mass is 428 g/mol. The molecule has 1 N–H and O–H groups in total. The Hall–Kier alpha value is -3.36. The molecule has 1 atom stereocenters. The number of nitrogens with zero attached hydrogens (tertiary/aromatic N) is 3. The third-order valence-corrected chi connectivity index (χ3v) is 5.45. The molecule has 166 valence electrons. The van der Waals surface area contributed by atoms with Crippen LogP contribution in [0.4, 0.5) is 4.79 Å². The van der Waals surface area contributed by atoms with Crippen LogP contribution in [0, 0.1) is 5.92 Å². The van der Waals surface area contributed by atoms with Gasteiger partial charge in [-0.2, -0.15) is 5.10 Å². The van der Waals surface area contributed by atoms with Gasteiger partial charge in [-0.3, -0.25) is 9.59 Å². The van der Waals surface area contributed by atoms with Crippen molar-refractivity contribution in [2.75, 3.05) is 26.8 Å². The van der Waals surface area contributed by atoms with E-state index in [-0.39, 0.29) is 48.4 Å². The van der Waals surface area contributed by atoms with Crippen LogP contribution in [-0.2, 0) is 11.3 Å². The van der Waals surface area contributed by atoms with E-state index in [4.69, 9.17) is 9.47 Å². The van der Waals surface area contributed by atoms with Crippen molar-refractivity contribution in [2.24, 2.45) is 5.92 Å². The van der Waals surface area contributed by atoms with Gasteiger partial charge in [0.2, 0.25) is 0 Å². The van der Waals surface area contributed by atoms with Crippen LogP contribution in [0.1, 0.15) is 30.3 Å². The number of likely N-dealkylation sites (tertiary alicyclic amines) is 1. The molecule has 0 radical (unpaired) electrons. The summed E-state index contributed by atoms with van der Waals surface area (Å²) in [6, 6.07) is 12.0. The molecule has 1 fully saturated rings. The highest BCUT2D eigenvalue weighted by Crippen LogP contribution is 2.21. The first-order valence-electron chi connectivity index (χ1n) is 10.4. The zero-order valence-electron chi connectivity index (χ0n) is 17.8. The van der Waals surface area contributed by atoms with Crippen molar-refractivity contribution >= 4 is 12.0 Å². The number of hydrogen-bond donors (Lipinski definition) is 1. The highest BCUT2D eigenvalue weighted by Gasteiger charge is 2.28. The number of carbonyl (C=O) groups is 2. The molecule has 1 aromatic carbocycles. The van der Waals surface area contributed by atoms with Gasteiger partial charge in [-0.15, -0.1) is 0 Å². The number of carbonyl (C=O) groups excluding carboxylic acids is 2. The van der Waals surface area contributed by atoms with E-state index in [9.17, 15) is 14.4 Å². The van der Waals surface area contributed by atoms with Gasteiger partial charge in [0, 0.05) is 25.2 Å². The van der Waals surface area contributed by atoms with Crippen LogP contribution in [0.25, 0.3) is 0 Å². The first kappa shape index (κ1) is 22.3. The lowest BCUT2D eigenvalue weighted by molar-refractivity contribution is 0.0861. The molecule has 1 aliphatic rings. The van der Waals surface area contributed by atoms with E-state index in [0.29, 0.717) is 18.8 Å². The second kappa shape index (κ2) is 10.6. The Morgan fingerprint density at radius 2 is 1.87 bits per heavy atom. The number of ether oxygens (including phenoxy) is 2. The number of piperidine rings is 1. The predicted octanol–water partition coefficient (Wildman–Crippen LogP) is 1.92. The first-order valence-corrected chi connectivity index (χ1v) is 10.4. The standard InChI is InChI=1S/C22H28N4O5/c1-16(17-10-12-25(13-11-17)22(29)30-2)23-21(28)19-8-9-20(27)26(24-19)14-15-31-18-6-4-3-5-7-18/h3-9,16-17H,10-15H2,1-2H3,(H,23,28). The quantitative estimate of drug-likeness (QED) is 0.723. The van der Waals surface area contributed by atoms with Crippen molar-refractivity contribution in [1.82, 2.24) is 20.0 Å². The zero-order chi connectivity index (χ0) is 22.2. The van der Waals surface area contributed by atoms with Crippen LogP contribution in [0.5, 0.6) is 5.75 Å². The lowest BCUT2D eigenvalue weighted by Crippen LogP contribution is -2.45. The van der Waals surface area contributed by atoms with Gasteiger partial charge in [0.15, 0.2) is 0 Å². The average Bonchev–Trinajstić information content (AvgIpc) is 2.80. The molecule has 2 aromatic rings. The maximum atomic E-state index is 12.7. The molecule has 0 saturated carbocycles. The second-order valence-corrected chi connectivity index (χ2v) is 7.50. The van der Waals surface area contributed by atoms with Gasteiger partial charge in [0.1, 0.15) is 18.1 Å². The van der Waals surface area contributed by atoms with Crippen molar-refractivity contribution in [3.63, 3.8) is 0 Å². The van der Waals surface area contributed by atoms with Crippen molar-refractivity contribution in [1.29, 1.82) is 0 Å². The molecule has 1 unspecified atom stereocenters. The van der Waals surface area contributed by atoms with E-state index in [1.807, 2.05) is 37.3 Å². The van der Waals surface area contributed by atoms with E-state index in [1.54, 1.807) is 4.90 Å². The van der Waals surface area contributed by atoms with Crippen LogP contribution >= 0.6 is 0 Å². The Balaban J connectivity index is 1.53. The molecule has 0 spiro atoms. The summed E-state index contributed by atoms with van der Waals surface area (Å²) in [6.45, 7) is 3.64. The fraction of sp³-hybridized carbons (Fsp3) is 0.455. The third kappa shape index (κ3) is 6.07. The van der Waals surface area contributed by atoms with Gasteiger partial charge in [-0.1, -0.05) is 18.2 Å². The molecular weight excluding hydrogens is 400 g/mol. The Bertz CT molecular complexity index is 938. The fourth-order valence-corrected chi connectivity index (χ4v) is 3.61. The minimum Gasteiger partial charge on any atom is -0.492 e. The molecule has 1 saturated heterocycles. The van der Waals surface area contributed by atoms with Crippen LogP contribution < -0.4 is 15.6 Å². The number of benzene rings is 1. The fourth-order valence-electron chi connectivity index (χ4n) is 3.61. The van der Waals surface area contributed by atoms with Gasteiger partial charge in [0.05, 0.1) is 13.7 Å².